The number of nitrogens with zero attached hydrogens (tertiary/aromatic N) is 1. The van der Waals surface area contributed by atoms with Gasteiger partial charge in [-0.1, -0.05) is 18.2 Å². The lowest BCUT2D eigenvalue weighted by molar-refractivity contribution is 0.0791. The van der Waals surface area contributed by atoms with Crippen LogP contribution in [0.3, 0.4) is 0 Å². The van der Waals surface area contributed by atoms with E-state index >= 15 is 0 Å². The summed E-state index contributed by atoms with van der Waals surface area (Å²) in [6, 6.07) is 11.2. The van der Waals surface area contributed by atoms with E-state index in [0.717, 1.165) is 40.6 Å². The van der Waals surface area contributed by atoms with Gasteiger partial charge in [-0.25, -0.2) is 0 Å². The highest BCUT2D eigenvalue weighted by Gasteiger charge is 2.22. The fraction of sp³-hybridized carbons (Fsp3) is 0.300. The van der Waals surface area contributed by atoms with E-state index in [9.17, 15) is 9.59 Å². The molecule has 1 N–H and O–H groups in total. The molecule has 2 amide bonds. The average Bonchev–Trinajstić information content (AvgIpc) is 3.13. The standard InChI is InChI=1S/C20H21IN2O2/c1-13-7-5-9-16(18(13)21)19(24)22-17-10-6-8-15(14(17)2)20(25)23-11-3-4-12-23/h5-10H,3-4,11-12H2,1-2H3,(H,22,24). The lowest BCUT2D eigenvalue weighted by Crippen LogP contribution is -2.28. The predicted molar refractivity (Wildman–Crippen MR) is 108 cm³/mol. The molecule has 0 radical (unpaired) electrons. The molecule has 4 nitrogen and oxygen atoms in total. The minimum absolute atomic E-state index is 0.0521. The van der Waals surface area contributed by atoms with Crippen LogP contribution in [0.5, 0.6) is 0 Å². The van der Waals surface area contributed by atoms with E-state index in [1.807, 2.05) is 55.1 Å². The van der Waals surface area contributed by atoms with Crippen molar-refractivity contribution in [2.45, 2.75) is 26.7 Å². The molecule has 2 aromatic carbocycles. The molecule has 0 atom stereocenters. The van der Waals surface area contributed by atoms with Crippen molar-refractivity contribution in [3.63, 3.8) is 0 Å². The Kier molecular flexibility index (Phi) is 5.42. The van der Waals surface area contributed by atoms with E-state index in [1.165, 1.54) is 0 Å². The van der Waals surface area contributed by atoms with Crippen LogP contribution in [0, 0.1) is 17.4 Å². The number of rotatable bonds is 3. The molecule has 0 bridgehead atoms. The van der Waals surface area contributed by atoms with E-state index in [0.29, 0.717) is 16.8 Å². The van der Waals surface area contributed by atoms with Gasteiger partial charge in [0.2, 0.25) is 0 Å². The van der Waals surface area contributed by atoms with Gasteiger partial charge in [-0.15, -0.1) is 0 Å². The zero-order valence-corrected chi connectivity index (χ0v) is 16.6. The highest BCUT2D eigenvalue weighted by molar-refractivity contribution is 14.1. The van der Waals surface area contributed by atoms with E-state index in [-0.39, 0.29) is 11.8 Å². The zero-order valence-electron chi connectivity index (χ0n) is 14.4. The maximum atomic E-state index is 12.7. The van der Waals surface area contributed by atoms with E-state index in [1.54, 1.807) is 0 Å². The van der Waals surface area contributed by atoms with Gasteiger partial charge >= 0.3 is 0 Å². The normalized spacial score (nSPS) is 13.8. The largest absolute Gasteiger partial charge is 0.339 e. The summed E-state index contributed by atoms with van der Waals surface area (Å²) in [5, 5.41) is 2.97. The fourth-order valence-electron chi connectivity index (χ4n) is 3.11. The first kappa shape index (κ1) is 17.9. The minimum Gasteiger partial charge on any atom is -0.339 e. The van der Waals surface area contributed by atoms with Crippen LogP contribution in [-0.2, 0) is 0 Å². The molecule has 2 aromatic rings. The molecule has 1 heterocycles. The second-order valence-corrected chi connectivity index (χ2v) is 7.45. The topological polar surface area (TPSA) is 49.4 Å². The Hall–Kier alpha value is -1.89. The van der Waals surface area contributed by atoms with Crippen molar-refractivity contribution in [3.8, 4) is 0 Å². The average molecular weight is 448 g/mol. The van der Waals surface area contributed by atoms with Gasteiger partial charge in [-0.3, -0.25) is 9.59 Å². The van der Waals surface area contributed by atoms with E-state index < -0.39 is 0 Å². The van der Waals surface area contributed by atoms with Crippen LogP contribution in [-0.4, -0.2) is 29.8 Å². The molecular formula is C20H21IN2O2. The molecule has 1 aliphatic heterocycles. The second kappa shape index (κ2) is 7.56. The number of likely N-dealkylation sites (tertiary alicyclic amines) is 1. The van der Waals surface area contributed by atoms with Gasteiger partial charge in [-0.2, -0.15) is 0 Å². The number of aryl methyl sites for hydroxylation is 1. The molecule has 25 heavy (non-hydrogen) atoms. The predicted octanol–water partition coefficient (Wildman–Crippen LogP) is 4.40. The fourth-order valence-corrected chi connectivity index (χ4v) is 3.71. The Morgan fingerprint density at radius 1 is 1.00 bits per heavy atom. The molecule has 5 heteroatoms. The zero-order chi connectivity index (χ0) is 18.0. The van der Waals surface area contributed by atoms with Crippen molar-refractivity contribution in [1.29, 1.82) is 0 Å². The van der Waals surface area contributed by atoms with Gasteiger partial charge in [0.1, 0.15) is 0 Å². The highest BCUT2D eigenvalue weighted by Crippen LogP contribution is 2.24. The van der Waals surface area contributed by atoms with Crippen LogP contribution in [0.15, 0.2) is 36.4 Å². The second-order valence-electron chi connectivity index (χ2n) is 6.37. The van der Waals surface area contributed by atoms with Gasteiger partial charge in [0.15, 0.2) is 0 Å². The smallest absolute Gasteiger partial charge is 0.256 e. The molecule has 0 spiro atoms. The van der Waals surface area contributed by atoms with E-state index in [4.69, 9.17) is 0 Å². The number of hydrogen-bond donors (Lipinski definition) is 1. The molecule has 3 rings (SSSR count). The summed E-state index contributed by atoms with van der Waals surface area (Å²) < 4.78 is 0.944. The number of amides is 2. The first-order valence-corrected chi connectivity index (χ1v) is 9.52. The molecule has 0 aliphatic carbocycles. The number of nitrogens with one attached hydrogen (secondary N) is 1. The van der Waals surface area contributed by atoms with Crippen LogP contribution in [0.2, 0.25) is 0 Å². The molecule has 1 aliphatic rings. The van der Waals surface area contributed by atoms with Crippen LogP contribution < -0.4 is 5.32 Å². The molecule has 0 aromatic heterocycles. The Labute approximate surface area is 161 Å². The lowest BCUT2D eigenvalue weighted by Gasteiger charge is -2.18. The quantitative estimate of drug-likeness (QED) is 0.708. The van der Waals surface area contributed by atoms with Gasteiger partial charge in [0, 0.05) is 27.9 Å². The molecule has 1 fully saturated rings. The summed E-state index contributed by atoms with van der Waals surface area (Å²) in [4.78, 5) is 27.2. The minimum atomic E-state index is -0.151. The Bertz CT molecular complexity index is 826. The van der Waals surface area contributed by atoms with Crippen LogP contribution in [0.1, 0.15) is 44.7 Å². The van der Waals surface area contributed by atoms with Crippen molar-refractivity contribution in [2.75, 3.05) is 18.4 Å². The van der Waals surface area contributed by atoms with Gasteiger partial charge in [0.25, 0.3) is 11.8 Å². The summed E-state index contributed by atoms with van der Waals surface area (Å²) in [6.07, 6.45) is 2.13. The maximum Gasteiger partial charge on any atom is 0.256 e. The van der Waals surface area contributed by atoms with Crippen LogP contribution in [0.4, 0.5) is 5.69 Å². The molecule has 0 saturated carbocycles. The van der Waals surface area contributed by atoms with Crippen LogP contribution in [0.25, 0.3) is 0 Å². The third-order valence-electron chi connectivity index (χ3n) is 4.64. The van der Waals surface area contributed by atoms with Gasteiger partial charge in [-0.05, 0) is 78.6 Å². The van der Waals surface area contributed by atoms with E-state index in [2.05, 4.69) is 27.9 Å². The third kappa shape index (κ3) is 3.71. The molecule has 1 saturated heterocycles. The van der Waals surface area contributed by atoms with Crippen LogP contribution >= 0.6 is 22.6 Å². The number of benzene rings is 2. The van der Waals surface area contributed by atoms with Crippen molar-refractivity contribution in [2.24, 2.45) is 0 Å². The molecule has 0 unspecified atom stereocenters. The third-order valence-corrected chi connectivity index (χ3v) is 6.07. The van der Waals surface area contributed by atoms with Crippen molar-refractivity contribution in [1.82, 2.24) is 4.90 Å². The number of halogens is 1. The highest BCUT2D eigenvalue weighted by atomic mass is 127. The first-order valence-electron chi connectivity index (χ1n) is 8.44. The Balaban J connectivity index is 1.86. The number of hydrogen-bond acceptors (Lipinski definition) is 2. The van der Waals surface area contributed by atoms with Gasteiger partial charge in [0.05, 0.1) is 5.56 Å². The summed E-state index contributed by atoms with van der Waals surface area (Å²) in [6.45, 7) is 5.51. The summed E-state index contributed by atoms with van der Waals surface area (Å²) in [7, 11) is 0. The number of anilines is 1. The molecule has 130 valence electrons. The Morgan fingerprint density at radius 3 is 2.36 bits per heavy atom. The van der Waals surface area contributed by atoms with Gasteiger partial charge < -0.3 is 10.2 Å². The molecular weight excluding hydrogens is 427 g/mol. The Morgan fingerprint density at radius 2 is 1.64 bits per heavy atom. The van der Waals surface area contributed by atoms with Crippen molar-refractivity contribution >= 4 is 40.1 Å². The summed E-state index contributed by atoms with van der Waals surface area (Å²) in [5.41, 5.74) is 3.89. The van der Waals surface area contributed by atoms with Crippen molar-refractivity contribution in [3.05, 3.63) is 62.2 Å². The summed E-state index contributed by atoms with van der Waals surface area (Å²) in [5.74, 6) is -0.0989. The summed E-state index contributed by atoms with van der Waals surface area (Å²) >= 11 is 2.19. The maximum absolute atomic E-state index is 12.7. The lowest BCUT2D eigenvalue weighted by atomic mass is 10.0. The number of carbonyl (C=O) groups is 2. The SMILES string of the molecule is Cc1cccc(C(=O)Nc2cccc(C(=O)N3CCCC3)c2C)c1I. The first-order chi connectivity index (χ1) is 12.0. The number of carbonyl (C=O) groups excluding carboxylic acids is 2. The monoisotopic (exact) mass is 448 g/mol. The van der Waals surface area contributed by atoms with Crippen molar-refractivity contribution < 1.29 is 9.59 Å².